The van der Waals surface area contributed by atoms with Crippen LogP contribution in [0.4, 0.5) is 0 Å². The Balaban J connectivity index is 2.41. The molecule has 80 valence electrons. The molecule has 0 atom stereocenters. The lowest BCUT2D eigenvalue weighted by molar-refractivity contribution is 0.599. The Kier molecular flexibility index (Phi) is 2.62. The molecule has 2 rings (SSSR count). The minimum Gasteiger partial charge on any atom is -0.277 e. The van der Waals surface area contributed by atoms with Crippen LogP contribution in [0, 0.1) is 0 Å². The molecule has 0 saturated heterocycles. The van der Waals surface area contributed by atoms with Gasteiger partial charge in [0.2, 0.25) is 0 Å². The first-order valence-corrected chi connectivity index (χ1v) is 6.92. The summed E-state index contributed by atoms with van der Waals surface area (Å²) in [5, 5.41) is 6.62. The first kappa shape index (κ1) is 10.4. The molecule has 6 heteroatoms. The lowest BCUT2D eigenvalue weighted by atomic mass is 10.3. The van der Waals surface area contributed by atoms with E-state index in [2.05, 4.69) is 10.2 Å². The second kappa shape index (κ2) is 3.79. The summed E-state index contributed by atoms with van der Waals surface area (Å²) in [7, 11) is -3.08. The minimum absolute atomic E-state index is 0.135. The van der Waals surface area contributed by atoms with Gasteiger partial charge in [-0.2, -0.15) is 5.10 Å². The van der Waals surface area contributed by atoms with Gasteiger partial charge in [-0.3, -0.25) is 5.10 Å². The molecule has 0 aromatic carbocycles. The van der Waals surface area contributed by atoms with Crippen LogP contribution in [0.25, 0.3) is 10.6 Å². The number of nitrogens with one attached hydrogen (secondary N) is 1. The number of rotatable bonds is 3. The summed E-state index contributed by atoms with van der Waals surface area (Å²) in [4.78, 5) is 0.888. The first-order valence-electron chi connectivity index (χ1n) is 4.46. The summed E-state index contributed by atoms with van der Waals surface area (Å²) in [6, 6.07) is 5.24. The van der Waals surface area contributed by atoms with Crippen LogP contribution in [0.15, 0.2) is 28.6 Å². The lowest BCUT2D eigenvalue weighted by Crippen LogP contribution is -2.00. The van der Waals surface area contributed by atoms with Crippen molar-refractivity contribution < 1.29 is 8.42 Å². The van der Waals surface area contributed by atoms with Crippen molar-refractivity contribution >= 4 is 21.2 Å². The highest BCUT2D eigenvalue weighted by molar-refractivity contribution is 7.93. The summed E-state index contributed by atoms with van der Waals surface area (Å²) in [6.45, 7) is 1.64. The topological polar surface area (TPSA) is 62.8 Å². The Labute approximate surface area is 91.9 Å². The molecule has 2 aromatic rings. The third-order valence-electron chi connectivity index (χ3n) is 2.03. The van der Waals surface area contributed by atoms with Crippen molar-refractivity contribution in [2.75, 3.05) is 5.75 Å². The number of thiophene rings is 1. The predicted octanol–water partition coefficient (Wildman–Crippen LogP) is 1.93. The van der Waals surface area contributed by atoms with Crippen LogP contribution < -0.4 is 0 Å². The molecule has 2 aromatic heterocycles. The van der Waals surface area contributed by atoms with Gasteiger partial charge in [-0.15, -0.1) is 11.3 Å². The van der Waals surface area contributed by atoms with Gasteiger partial charge in [0.15, 0.2) is 9.84 Å². The van der Waals surface area contributed by atoms with E-state index in [1.807, 2.05) is 6.07 Å². The van der Waals surface area contributed by atoms with Crippen molar-refractivity contribution in [1.29, 1.82) is 0 Å². The smallest absolute Gasteiger partial charge is 0.187 e. The second-order valence-corrected chi connectivity index (χ2v) is 6.58. The zero-order valence-corrected chi connectivity index (χ0v) is 9.73. The van der Waals surface area contributed by atoms with E-state index >= 15 is 0 Å². The van der Waals surface area contributed by atoms with E-state index in [4.69, 9.17) is 0 Å². The third kappa shape index (κ3) is 1.95. The summed E-state index contributed by atoms with van der Waals surface area (Å²) in [5.41, 5.74) is 0.845. The van der Waals surface area contributed by atoms with Gasteiger partial charge in [0.05, 0.1) is 16.3 Å². The Bertz CT molecular complexity index is 540. The van der Waals surface area contributed by atoms with E-state index in [-0.39, 0.29) is 5.75 Å². The fraction of sp³-hybridized carbons (Fsp3) is 0.222. The van der Waals surface area contributed by atoms with Crippen molar-refractivity contribution in [3.63, 3.8) is 0 Å². The summed E-state index contributed by atoms with van der Waals surface area (Å²) in [6.07, 6.45) is 1.64. The molecule has 0 spiro atoms. The summed E-state index contributed by atoms with van der Waals surface area (Å²) >= 11 is 1.26. The summed E-state index contributed by atoms with van der Waals surface area (Å²) in [5.74, 6) is 0.135. The van der Waals surface area contributed by atoms with Gasteiger partial charge in [-0.1, -0.05) is 6.92 Å². The third-order valence-corrected chi connectivity index (χ3v) is 5.47. The maximum absolute atomic E-state index is 11.6. The molecule has 1 N–H and O–H groups in total. The van der Waals surface area contributed by atoms with Crippen LogP contribution in [-0.4, -0.2) is 24.4 Å². The number of nitrogens with zero attached hydrogens (tertiary/aromatic N) is 1. The van der Waals surface area contributed by atoms with E-state index in [0.29, 0.717) is 4.21 Å². The molecule has 0 aliphatic rings. The van der Waals surface area contributed by atoms with Crippen LogP contribution in [0.2, 0.25) is 0 Å². The molecule has 0 unspecified atom stereocenters. The van der Waals surface area contributed by atoms with Crippen molar-refractivity contribution in [2.24, 2.45) is 0 Å². The molecule has 4 nitrogen and oxygen atoms in total. The highest BCUT2D eigenvalue weighted by Crippen LogP contribution is 2.29. The second-order valence-electron chi connectivity index (χ2n) is 2.99. The number of hydrogen-bond acceptors (Lipinski definition) is 4. The SMILES string of the molecule is CCS(=O)(=O)c1ccc(-c2ccn[nH]2)s1. The Morgan fingerprint density at radius 3 is 2.80 bits per heavy atom. The molecular weight excluding hydrogens is 232 g/mol. The van der Waals surface area contributed by atoms with E-state index < -0.39 is 9.84 Å². The number of sulfone groups is 1. The van der Waals surface area contributed by atoms with E-state index in [0.717, 1.165) is 10.6 Å². The number of aromatic nitrogens is 2. The number of aromatic amines is 1. The zero-order valence-electron chi connectivity index (χ0n) is 8.10. The minimum atomic E-state index is -3.08. The fourth-order valence-electron chi connectivity index (χ4n) is 1.17. The van der Waals surface area contributed by atoms with E-state index in [1.165, 1.54) is 11.3 Å². The molecule has 0 radical (unpaired) electrons. The average molecular weight is 242 g/mol. The Morgan fingerprint density at radius 1 is 1.40 bits per heavy atom. The van der Waals surface area contributed by atoms with Crippen LogP contribution in [0.5, 0.6) is 0 Å². The highest BCUT2D eigenvalue weighted by Gasteiger charge is 2.15. The van der Waals surface area contributed by atoms with E-state index in [1.54, 1.807) is 25.3 Å². The van der Waals surface area contributed by atoms with Crippen molar-refractivity contribution in [3.8, 4) is 10.6 Å². The first-order chi connectivity index (χ1) is 7.13. The number of H-pyrrole nitrogens is 1. The molecule has 2 heterocycles. The van der Waals surface area contributed by atoms with Gasteiger partial charge < -0.3 is 0 Å². The maximum atomic E-state index is 11.6. The molecule has 0 aliphatic carbocycles. The Morgan fingerprint density at radius 2 is 2.20 bits per heavy atom. The van der Waals surface area contributed by atoms with Gasteiger partial charge in [-0.25, -0.2) is 8.42 Å². The van der Waals surface area contributed by atoms with Crippen molar-refractivity contribution in [1.82, 2.24) is 10.2 Å². The molecule has 0 saturated carbocycles. The molecule has 0 bridgehead atoms. The largest absolute Gasteiger partial charge is 0.277 e. The standard InChI is InChI=1S/C9H10N2O2S2/c1-2-15(12,13)9-4-3-8(14-9)7-5-6-10-11-7/h3-6H,2H2,1H3,(H,10,11). The van der Waals surface area contributed by atoms with Gasteiger partial charge in [0.25, 0.3) is 0 Å². The monoisotopic (exact) mass is 242 g/mol. The molecule has 0 aliphatic heterocycles. The normalized spacial score (nSPS) is 11.8. The molecule has 0 amide bonds. The highest BCUT2D eigenvalue weighted by atomic mass is 32.2. The van der Waals surface area contributed by atoms with Crippen LogP contribution in [0.1, 0.15) is 6.92 Å². The molecular formula is C9H10N2O2S2. The zero-order chi connectivity index (χ0) is 10.9. The fourth-order valence-corrected chi connectivity index (χ4v) is 3.57. The average Bonchev–Trinajstić information content (AvgIpc) is 2.88. The quantitative estimate of drug-likeness (QED) is 0.894. The molecule has 15 heavy (non-hydrogen) atoms. The van der Waals surface area contributed by atoms with Gasteiger partial charge in [0, 0.05) is 6.20 Å². The van der Waals surface area contributed by atoms with Gasteiger partial charge >= 0.3 is 0 Å². The number of hydrogen-bond donors (Lipinski definition) is 1. The predicted molar refractivity (Wildman–Crippen MR) is 59.6 cm³/mol. The lowest BCUT2D eigenvalue weighted by Gasteiger charge is -1.94. The van der Waals surface area contributed by atoms with Crippen molar-refractivity contribution in [3.05, 3.63) is 24.4 Å². The van der Waals surface area contributed by atoms with Crippen LogP contribution in [0.3, 0.4) is 0 Å². The van der Waals surface area contributed by atoms with Crippen LogP contribution in [-0.2, 0) is 9.84 Å². The Hall–Kier alpha value is -1.14. The van der Waals surface area contributed by atoms with E-state index in [9.17, 15) is 8.42 Å². The van der Waals surface area contributed by atoms with Gasteiger partial charge in [0.1, 0.15) is 4.21 Å². The van der Waals surface area contributed by atoms with Crippen LogP contribution >= 0.6 is 11.3 Å². The molecule has 0 fully saturated rings. The van der Waals surface area contributed by atoms with Gasteiger partial charge in [-0.05, 0) is 18.2 Å². The maximum Gasteiger partial charge on any atom is 0.187 e. The summed E-state index contributed by atoms with van der Waals surface area (Å²) < 4.78 is 23.5. The van der Waals surface area contributed by atoms with Crippen molar-refractivity contribution in [2.45, 2.75) is 11.1 Å².